The van der Waals surface area contributed by atoms with Gasteiger partial charge in [0.25, 0.3) is 0 Å². The number of rotatable bonds is 4. The van der Waals surface area contributed by atoms with Crippen molar-refractivity contribution in [3.63, 3.8) is 0 Å². The SMILES string of the molecule is CCc1ccc(-c2ccc(-c3ccc(C4CC4)cc3)cc2F)s1. The van der Waals surface area contributed by atoms with Crippen LogP contribution < -0.4 is 0 Å². The Morgan fingerprint density at radius 1 is 0.957 bits per heavy atom. The lowest BCUT2D eigenvalue weighted by molar-refractivity contribution is 0.632. The number of halogens is 1. The van der Waals surface area contributed by atoms with Crippen LogP contribution in [-0.4, -0.2) is 0 Å². The summed E-state index contributed by atoms with van der Waals surface area (Å²) in [5, 5.41) is 0. The molecule has 0 aliphatic heterocycles. The fourth-order valence-corrected chi connectivity index (χ4v) is 3.95. The molecule has 1 saturated carbocycles. The Balaban J connectivity index is 1.64. The highest BCUT2D eigenvalue weighted by molar-refractivity contribution is 7.15. The fraction of sp³-hybridized carbons (Fsp3) is 0.238. The van der Waals surface area contributed by atoms with E-state index < -0.39 is 0 Å². The lowest BCUT2D eigenvalue weighted by Gasteiger charge is -2.06. The molecule has 1 aliphatic rings. The smallest absolute Gasteiger partial charge is 0.132 e. The van der Waals surface area contributed by atoms with Crippen LogP contribution in [0.2, 0.25) is 0 Å². The second-order valence-corrected chi connectivity index (χ2v) is 7.38. The van der Waals surface area contributed by atoms with Gasteiger partial charge in [-0.2, -0.15) is 0 Å². The van der Waals surface area contributed by atoms with E-state index in [1.54, 1.807) is 17.4 Å². The average molecular weight is 322 g/mol. The van der Waals surface area contributed by atoms with E-state index in [-0.39, 0.29) is 5.82 Å². The first kappa shape index (κ1) is 14.6. The predicted molar refractivity (Wildman–Crippen MR) is 96.5 cm³/mol. The molecule has 1 aliphatic carbocycles. The number of benzene rings is 2. The topological polar surface area (TPSA) is 0 Å². The van der Waals surface area contributed by atoms with Crippen molar-refractivity contribution < 1.29 is 4.39 Å². The van der Waals surface area contributed by atoms with Crippen LogP contribution in [0.4, 0.5) is 4.39 Å². The monoisotopic (exact) mass is 322 g/mol. The highest BCUT2D eigenvalue weighted by Crippen LogP contribution is 2.40. The van der Waals surface area contributed by atoms with Crippen LogP contribution in [0.25, 0.3) is 21.6 Å². The Kier molecular flexibility index (Phi) is 3.78. The minimum absolute atomic E-state index is 0.140. The van der Waals surface area contributed by atoms with Gasteiger partial charge in [-0.1, -0.05) is 37.3 Å². The van der Waals surface area contributed by atoms with Gasteiger partial charge in [0.15, 0.2) is 0 Å². The summed E-state index contributed by atoms with van der Waals surface area (Å²) in [4.78, 5) is 2.30. The zero-order valence-corrected chi connectivity index (χ0v) is 14.0. The molecule has 23 heavy (non-hydrogen) atoms. The molecule has 1 fully saturated rings. The van der Waals surface area contributed by atoms with Gasteiger partial charge in [-0.05, 0) is 66.1 Å². The standard InChI is InChI=1S/C21H19FS/c1-2-18-10-12-21(23-18)19-11-9-17(13-20(19)22)16-7-5-15(6-8-16)14-3-4-14/h5-14H,2-4H2,1H3. The molecule has 3 aromatic rings. The first-order valence-electron chi connectivity index (χ1n) is 8.23. The normalized spacial score (nSPS) is 14.2. The van der Waals surface area contributed by atoms with Crippen molar-refractivity contribution >= 4 is 11.3 Å². The Bertz CT molecular complexity index is 825. The molecule has 0 nitrogen and oxygen atoms in total. The molecule has 0 unspecified atom stereocenters. The minimum Gasteiger partial charge on any atom is -0.206 e. The van der Waals surface area contributed by atoms with E-state index in [0.29, 0.717) is 5.56 Å². The molecule has 0 radical (unpaired) electrons. The van der Waals surface area contributed by atoms with Crippen LogP contribution in [-0.2, 0) is 6.42 Å². The molecule has 0 bridgehead atoms. The van der Waals surface area contributed by atoms with Gasteiger partial charge < -0.3 is 0 Å². The van der Waals surface area contributed by atoms with Crippen molar-refractivity contribution in [2.45, 2.75) is 32.1 Å². The largest absolute Gasteiger partial charge is 0.206 e. The summed E-state index contributed by atoms with van der Waals surface area (Å²) in [7, 11) is 0. The zero-order valence-electron chi connectivity index (χ0n) is 13.2. The maximum Gasteiger partial charge on any atom is 0.132 e. The van der Waals surface area contributed by atoms with Crippen LogP contribution >= 0.6 is 11.3 Å². The number of hydrogen-bond donors (Lipinski definition) is 0. The Morgan fingerprint density at radius 2 is 1.70 bits per heavy atom. The molecule has 2 aromatic carbocycles. The van der Waals surface area contributed by atoms with Gasteiger partial charge >= 0.3 is 0 Å². The molecule has 0 atom stereocenters. The first-order chi connectivity index (χ1) is 11.2. The van der Waals surface area contributed by atoms with Gasteiger partial charge in [-0.15, -0.1) is 11.3 Å². The summed E-state index contributed by atoms with van der Waals surface area (Å²) in [5.74, 6) is 0.619. The van der Waals surface area contributed by atoms with Crippen molar-refractivity contribution in [2.24, 2.45) is 0 Å². The maximum absolute atomic E-state index is 14.6. The van der Waals surface area contributed by atoms with Gasteiger partial charge in [-0.3, -0.25) is 0 Å². The third kappa shape index (κ3) is 2.96. The van der Waals surface area contributed by atoms with E-state index in [0.717, 1.165) is 28.3 Å². The van der Waals surface area contributed by atoms with Gasteiger partial charge in [-0.25, -0.2) is 4.39 Å². The molecule has 116 valence electrons. The lowest BCUT2D eigenvalue weighted by Crippen LogP contribution is -1.86. The van der Waals surface area contributed by atoms with Crippen molar-refractivity contribution in [2.75, 3.05) is 0 Å². The van der Waals surface area contributed by atoms with Gasteiger partial charge in [0.05, 0.1) is 0 Å². The van der Waals surface area contributed by atoms with E-state index in [1.807, 2.05) is 18.2 Å². The molecular formula is C21H19FS. The van der Waals surface area contributed by atoms with Crippen LogP contribution in [0.5, 0.6) is 0 Å². The molecule has 0 saturated heterocycles. The Morgan fingerprint density at radius 3 is 2.30 bits per heavy atom. The molecule has 0 amide bonds. The van der Waals surface area contributed by atoms with Crippen molar-refractivity contribution in [3.05, 3.63) is 70.9 Å². The Labute approximate surface area is 140 Å². The van der Waals surface area contributed by atoms with Crippen molar-refractivity contribution in [3.8, 4) is 21.6 Å². The summed E-state index contributed by atoms with van der Waals surface area (Å²) >= 11 is 1.67. The number of hydrogen-bond acceptors (Lipinski definition) is 1. The molecule has 1 heterocycles. The molecular weight excluding hydrogens is 303 g/mol. The van der Waals surface area contributed by atoms with E-state index in [1.165, 1.54) is 23.3 Å². The lowest BCUT2D eigenvalue weighted by atomic mass is 10.0. The van der Waals surface area contributed by atoms with Crippen molar-refractivity contribution in [1.82, 2.24) is 0 Å². The third-order valence-corrected chi connectivity index (χ3v) is 5.80. The van der Waals surface area contributed by atoms with Gasteiger partial charge in [0.1, 0.15) is 5.82 Å². The van der Waals surface area contributed by atoms with E-state index in [2.05, 4.69) is 37.3 Å². The van der Waals surface area contributed by atoms with E-state index in [9.17, 15) is 4.39 Å². The second-order valence-electron chi connectivity index (χ2n) is 6.21. The fourth-order valence-electron chi connectivity index (χ4n) is 2.97. The maximum atomic E-state index is 14.6. The highest BCUT2D eigenvalue weighted by atomic mass is 32.1. The van der Waals surface area contributed by atoms with Gasteiger partial charge in [0, 0.05) is 15.3 Å². The minimum atomic E-state index is -0.140. The third-order valence-electron chi connectivity index (χ3n) is 4.54. The summed E-state index contributed by atoms with van der Waals surface area (Å²) in [6.45, 7) is 2.13. The van der Waals surface area contributed by atoms with E-state index >= 15 is 0 Å². The molecule has 1 aromatic heterocycles. The van der Waals surface area contributed by atoms with Crippen LogP contribution in [0.15, 0.2) is 54.6 Å². The molecule has 0 N–H and O–H groups in total. The summed E-state index contributed by atoms with van der Waals surface area (Å²) in [6, 6.07) is 18.3. The number of thiophene rings is 1. The summed E-state index contributed by atoms with van der Waals surface area (Å²) in [6.07, 6.45) is 3.62. The predicted octanol–water partition coefficient (Wildman–Crippen LogP) is 6.66. The summed E-state index contributed by atoms with van der Waals surface area (Å²) < 4.78 is 14.6. The van der Waals surface area contributed by atoms with Crippen LogP contribution in [0, 0.1) is 5.82 Å². The molecule has 0 spiro atoms. The molecule has 4 rings (SSSR count). The van der Waals surface area contributed by atoms with Crippen LogP contribution in [0.1, 0.15) is 36.1 Å². The van der Waals surface area contributed by atoms with Gasteiger partial charge in [0.2, 0.25) is 0 Å². The van der Waals surface area contributed by atoms with E-state index in [4.69, 9.17) is 0 Å². The highest BCUT2D eigenvalue weighted by Gasteiger charge is 2.23. The van der Waals surface area contributed by atoms with Crippen LogP contribution in [0.3, 0.4) is 0 Å². The first-order valence-corrected chi connectivity index (χ1v) is 9.05. The molecule has 2 heteroatoms. The quantitative estimate of drug-likeness (QED) is 0.504. The average Bonchev–Trinajstić information content (AvgIpc) is 3.33. The zero-order chi connectivity index (χ0) is 15.8. The number of aryl methyl sites for hydroxylation is 1. The second kappa shape index (κ2) is 5.93. The Hall–Kier alpha value is -1.93. The van der Waals surface area contributed by atoms with Crippen molar-refractivity contribution in [1.29, 1.82) is 0 Å². The summed E-state index contributed by atoms with van der Waals surface area (Å²) in [5.41, 5.74) is 4.14.